The third kappa shape index (κ3) is 9.48. The first kappa shape index (κ1) is 24.1. The van der Waals surface area contributed by atoms with Crippen LogP contribution in [0.25, 0.3) is 6.08 Å². The topological polar surface area (TPSA) is 96.5 Å². The van der Waals surface area contributed by atoms with E-state index in [1.54, 1.807) is 51.1 Å². The lowest BCUT2D eigenvalue weighted by molar-refractivity contribution is -0.117. The molecule has 164 valence electrons. The van der Waals surface area contributed by atoms with Crippen molar-refractivity contribution in [2.45, 2.75) is 32.9 Å². The quantitative estimate of drug-likeness (QED) is 0.508. The first-order valence-corrected chi connectivity index (χ1v) is 10.5. The summed E-state index contributed by atoms with van der Waals surface area (Å²) in [6.07, 6.45) is 2.57. The Morgan fingerprint density at radius 1 is 1.00 bits per heavy atom. The van der Waals surface area contributed by atoms with Gasteiger partial charge in [0.05, 0.1) is 0 Å². The van der Waals surface area contributed by atoms with E-state index in [2.05, 4.69) is 31.9 Å². The van der Waals surface area contributed by atoms with Crippen molar-refractivity contribution in [1.29, 1.82) is 0 Å². The fourth-order valence-electron chi connectivity index (χ4n) is 2.40. The van der Waals surface area contributed by atoms with Gasteiger partial charge in [0.15, 0.2) is 0 Å². The molecule has 0 radical (unpaired) electrons. The van der Waals surface area contributed by atoms with Crippen molar-refractivity contribution in [3.05, 3.63) is 70.2 Å². The second-order valence-corrected chi connectivity index (χ2v) is 8.53. The standard InChI is InChI=1S/C23H26BrN3O4/c1-23(2,3)31-22(30)26-15-21(29)27-18-11-8-16(9-12-18)14-25-20(28)13-10-17-6-4-5-7-19(17)24/h4-13H,14-15H2,1-3H3,(H,25,28)(H,26,30)(H,27,29)/b13-10+. The fraction of sp³-hybridized carbons (Fsp3) is 0.261. The Labute approximate surface area is 190 Å². The van der Waals surface area contributed by atoms with Crippen LogP contribution in [0.15, 0.2) is 59.1 Å². The number of ether oxygens (including phenoxy) is 1. The van der Waals surface area contributed by atoms with Gasteiger partial charge < -0.3 is 20.7 Å². The summed E-state index contributed by atoms with van der Waals surface area (Å²) in [7, 11) is 0. The normalized spacial score (nSPS) is 11.1. The Bertz CT molecular complexity index is 950. The molecule has 0 aliphatic carbocycles. The van der Waals surface area contributed by atoms with Crippen molar-refractivity contribution in [2.24, 2.45) is 0 Å². The van der Waals surface area contributed by atoms with Gasteiger partial charge in [-0.3, -0.25) is 9.59 Å². The monoisotopic (exact) mass is 487 g/mol. The minimum atomic E-state index is -0.651. The fourth-order valence-corrected chi connectivity index (χ4v) is 2.82. The van der Waals surface area contributed by atoms with E-state index in [0.717, 1.165) is 15.6 Å². The van der Waals surface area contributed by atoms with Gasteiger partial charge in [-0.1, -0.05) is 46.3 Å². The smallest absolute Gasteiger partial charge is 0.408 e. The van der Waals surface area contributed by atoms with Crippen LogP contribution in [-0.2, 0) is 20.9 Å². The maximum Gasteiger partial charge on any atom is 0.408 e. The summed E-state index contributed by atoms with van der Waals surface area (Å²) < 4.78 is 5.99. The highest BCUT2D eigenvalue weighted by atomic mass is 79.9. The highest BCUT2D eigenvalue weighted by Gasteiger charge is 2.16. The van der Waals surface area contributed by atoms with Crippen molar-refractivity contribution in [1.82, 2.24) is 10.6 Å². The van der Waals surface area contributed by atoms with Gasteiger partial charge in [-0.2, -0.15) is 0 Å². The van der Waals surface area contributed by atoms with Gasteiger partial charge in [-0.15, -0.1) is 0 Å². The number of halogens is 1. The molecule has 0 bridgehead atoms. The maximum absolute atomic E-state index is 12.0. The van der Waals surface area contributed by atoms with E-state index in [-0.39, 0.29) is 18.4 Å². The van der Waals surface area contributed by atoms with Crippen molar-refractivity contribution in [2.75, 3.05) is 11.9 Å². The number of hydrogen-bond acceptors (Lipinski definition) is 4. The molecule has 0 spiro atoms. The average molecular weight is 488 g/mol. The molecule has 0 heterocycles. The van der Waals surface area contributed by atoms with Crippen molar-refractivity contribution < 1.29 is 19.1 Å². The van der Waals surface area contributed by atoms with Crippen LogP contribution in [0.2, 0.25) is 0 Å². The number of carbonyl (C=O) groups excluding carboxylic acids is 3. The van der Waals surface area contributed by atoms with Gasteiger partial charge in [0.2, 0.25) is 11.8 Å². The molecule has 3 amide bonds. The second kappa shape index (κ2) is 11.3. The summed E-state index contributed by atoms with van der Waals surface area (Å²) in [6, 6.07) is 14.7. The molecule has 0 unspecified atom stereocenters. The van der Waals surface area contributed by atoms with Crippen LogP contribution in [-0.4, -0.2) is 30.1 Å². The van der Waals surface area contributed by atoms with E-state index in [0.29, 0.717) is 12.2 Å². The number of rotatable bonds is 7. The molecular weight excluding hydrogens is 462 g/mol. The van der Waals surface area contributed by atoms with Crippen molar-refractivity contribution in [3.63, 3.8) is 0 Å². The Kier molecular flexibility index (Phi) is 8.81. The van der Waals surface area contributed by atoms with Crippen LogP contribution in [0.5, 0.6) is 0 Å². The number of nitrogens with one attached hydrogen (secondary N) is 3. The van der Waals surface area contributed by atoms with Crippen LogP contribution in [0.3, 0.4) is 0 Å². The Morgan fingerprint density at radius 3 is 2.32 bits per heavy atom. The van der Waals surface area contributed by atoms with Crippen molar-refractivity contribution >= 4 is 45.6 Å². The summed E-state index contributed by atoms with van der Waals surface area (Å²) in [5, 5.41) is 7.89. The molecule has 3 N–H and O–H groups in total. The zero-order valence-corrected chi connectivity index (χ0v) is 19.3. The zero-order valence-electron chi connectivity index (χ0n) is 17.7. The average Bonchev–Trinajstić information content (AvgIpc) is 2.70. The predicted octanol–water partition coefficient (Wildman–Crippen LogP) is 4.24. The third-order valence-electron chi connectivity index (χ3n) is 3.82. The molecule has 2 aromatic carbocycles. The van der Waals surface area contributed by atoms with Gasteiger partial charge in [0.1, 0.15) is 12.1 Å². The molecule has 0 saturated heterocycles. The molecule has 2 aromatic rings. The highest BCUT2D eigenvalue weighted by Crippen LogP contribution is 2.17. The largest absolute Gasteiger partial charge is 0.444 e. The molecule has 31 heavy (non-hydrogen) atoms. The van der Waals surface area contributed by atoms with Gasteiger partial charge >= 0.3 is 6.09 Å². The second-order valence-electron chi connectivity index (χ2n) is 7.67. The molecule has 0 aromatic heterocycles. The van der Waals surface area contributed by atoms with Crippen LogP contribution >= 0.6 is 15.9 Å². The third-order valence-corrected chi connectivity index (χ3v) is 4.54. The first-order valence-electron chi connectivity index (χ1n) is 9.68. The Morgan fingerprint density at radius 2 is 1.68 bits per heavy atom. The predicted molar refractivity (Wildman–Crippen MR) is 124 cm³/mol. The minimum Gasteiger partial charge on any atom is -0.444 e. The van der Waals surface area contributed by atoms with Gasteiger partial charge in [-0.05, 0) is 56.2 Å². The number of alkyl carbamates (subject to hydrolysis) is 1. The van der Waals surface area contributed by atoms with Gasteiger partial charge in [0, 0.05) is 22.8 Å². The summed E-state index contributed by atoms with van der Waals surface area (Å²) in [4.78, 5) is 35.5. The van der Waals surface area contributed by atoms with E-state index in [1.165, 1.54) is 6.08 Å². The number of carbonyl (C=O) groups is 3. The first-order chi connectivity index (χ1) is 14.6. The molecule has 0 fully saturated rings. The molecule has 0 saturated carbocycles. The zero-order chi connectivity index (χ0) is 22.9. The molecule has 0 atom stereocenters. The molecule has 0 aliphatic heterocycles. The summed E-state index contributed by atoms with van der Waals surface area (Å²) >= 11 is 3.43. The maximum atomic E-state index is 12.0. The lowest BCUT2D eigenvalue weighted by Crippen LogP contribution is -2.37. The van der Waals surface area contributed by atoms with E-state index in [1.807, 2.05) is 24.3 Å². The van der Waals surface area contributed by atoms with Crippen LogP contribution in [0.4, 0.5) is 10.5 Å². The highest BCUT2D eigenvalue weighted by molar-refractivity contribution is 9.10. The number of amides is 3. The Hall–Kier alpha value is -3.13. The van der Waals surface area contributed by atoms with E-state index in [4.69, 9.17) is 4.74 Å². The van der Waals surface area contributed by atoms with Crippen LogP contribution in [0, 0.1) is 0 Å². The summed E-state index contributed by atoms with van der Waals surface area (Å²) in [6.45, 7) is 5.39. The molecule has 0 aliphatic rings. The summed E-state index contributed by atoms with van der Waals surface area (Å²) in [5.41, 5.74) is 1.76. The lowest BCUT2D eigenvalue weighted by atomic mass is 10.2. The van der Waals surface area contributed by atoms with E-state index >= 15 is 0 Å². The Balaban J connectivity index is 1.76. The van der Waals surface area contributed by atoms with Gasteiger partial charge in [0.25, 0.3) is 0 Å². The van der Waals surface area contributed by atoms with Gasteiger partial charge in [-0.25, -0.2) is 4.79 Å². The van der Waals surface area contributed by atoms with Crippen LogP contribution in [0.1, 0.15) is 31.9 Å². The molecule has 8 heteroatoms. The van der Waals surface area contributed by atoms with E-state index in [9.17, 15) is 14.4 Å². The number of benzene rings is 2. The lowest BCUT2D eigenvalue weighted by Gasteiger charge is -2.19. The number of anilines is 1. The summed E-state index contributed by atoms with van der Waals surface area (Å²) in [5.74, 6) is -0.578. The molecule has 2 rings (SSSR count). The van der Waals surface area contributed by atoms with Crippen molar-refractivity contribution in [3.8, 4) is 0 Å². The minimum absolute atomic E-state index is 0.198. The van der Waals surface area contributed by atoms with E-state index < -0.39 is 11.7 Å². The SMILES string of the molecule is CC(C)(C)OC(=O)NCC(=O)Nc1ccc(CNC(=O)/C=C/c2ccccc2Br)cc1. The molecule has 7 nitrogen and oxygen atoms in total. The van der Waals surface area contributed by atoms with Crippen LogP contribution < -0.4 is 16.0 Å². The molecular formula is C23H26BrN3O4. The number of hydrogen-bond donors (Lipinski definition) is 3.